The molecule has 1 aliphatic heterocycles. The number of nitrogens with zero attached hydrogens (tertiary/aromatic N) is 3. The summed E-state index contributed by atoms with van der Waals surface area (Å²) in [5.74, 6) is -0.0200. The summed E-state index contributed by atoms with van der Waals surface area (Å²) in [5.41, 5.74) is 8.52. The molecule has 1 aromatic carbocycles. The third kappa shape index (κ3) is 3.13. The highest BCUT2D eigenvalue weighted by Gasteiger charge is 2.27. The van der Waals surface area contributed by atoms with Crippen LogP contribution in [-0.4, -0.2) is 62.0 Å². The molecule has 0 radical (unpaired) electrons. The molecule has 1 aromatic rings. The molecule has 5 heteroatoms. The Morgan fingerprint density at radius 3 is 2.29 bits per heavy atom. The van der Waals surface area contributed by atoms with Crippen LogP contribution in [-0.2, 0) is 0 Å². The van der Waals surface area contributed by atoms with Crippen LogP contribution in [0, 0.1) is 0 Å². The van der Waals surface area contributed by atoms with Gasteiger partial charge in [0.05, 0.1) is 11.4 Å². The molecule has 2 unspecified atom stereocenters. The molecule has 0 spiro atoms. The average Bonchev–Trinajstić information content (AvgIpc) is 2.43. The number of carbonyl (C=O) groups excluding carboxylic acids is 1. The van der Waals surface area contributed by atoms with Crippen molar-refractivity contribution in [3.05, 3.63) is 23.8 Å². The highest BCUT2D eigenvalue weighted by molar-refractivity contribution is 5.95. The summed E-state index contributed by atoms with van der Waals surface area (Å²) in [4.78, 5) is 18.2. The summed E-state index contributed by atoms with van der Waals surface area (Å²) in [7, 11) is 5.65. The predicted molar refractivity (Wildman–Crippen MR) is 87.8 cm³/mol. The third-order valence-electron chi connectivity index (χ3n) is 4.38. The van der Waals surface area contributed by atoms with E-state index in [0.717, 1.165) is 18.8 Å². The molecule has 2 rings (SSSR count). The first-order chi connectivity index (χ1) is 9.81. The van der Waals surface area contributed by atoms with Gasteiger partial charge in [-0.15, -0.1) is 0 Å². The fourth-order valence-corrected chi connectivity index (χ4v) is 2.83. The first kappa shape index (κ1) is 15.6. The average molecular weight is 290 g/mol. The molecule has 2 atom stereocenters. The van der Waals surface area contributed by atoms with E-state index < -0.39 is 0 Å². The van der Waals surface area contributed by atoms with Crippen molar-refractivity contribution in [2.75, 3.05) is 44.9 Å². The van der Waals surface area contributed by atoms with Crippen LogP contribution in [0.3, 0.4) is 0 Å². The molecule has 5 nitrogen and oxygen atoms in total. The summed E-state index contributed by atoms with van der Waals surface area (Å²) in [6.07, 6.45) is 0. The van der Waals surface area contributed by atoms with Crippen molar-refractivity contribution in [1.29, 1.82) is 0 Å². The topological polar surface area (TPSA) is 52.8 Å². The maximum Gasteiger partial charge on any atom is 0.253 e. The Bertz CT molecular complexity index is 517. The molecule has 1 amide bonds. The van der Waals surface area contributed by atoms with Crippen molar-refractivity contribution in [1.82, 2.24) is 9.80 Å². The minimum absolute atomic E-state index is 0.0200. The summed E-state index contributed by atoms with van der Waals surface area (Å²) in [6, 6.07) is 6.58. The second-order valence-electron chi connectivity index (χ2n) is 6.24. The van der Waals surface area contributed by atoms with E-state index in [2.05, 4.69) is 30.7 Å². The minimum atomic E-state index is -0.0200. The molecular formula is C16H26N4O. The van der Waals surface area contributed by atoms with E-state index in [0.29, 0.717) is 23.3 Å². The van der Waals surface area contributed by atoms with Crippen molar-refractivity contribution in [3.8, 4) is 0 Å². The summed E-state index contributed by atoms with van der Waals surface area (Å²) >= 11 is 0. The lowest BCUT2D eigenvalue weighted by molar-refractivity contribution is 0.0827. The van der Waals surface area contributed by atoms with E-state index in [4.69, 9.17) is 5.73 Å². The van der Waals surface area contributed by atoms with Crippen LogP contribution in [0.15, 0.2) is 18.2 Å². The largest absolute Gasteiger partial charge is 0.397 e. The highest BCUT2D eigenvalue weighted by Crippen LogP contribution is 2.28. The zero-order valence-electron chi connectivity index (χ0n) is 13.6. The SMILES string of the molecule is CC1CN(c2ccc(C(=O)N(C)C)cc2N)CC(C)N1C. The molecule has 21 heavy (non-hydrogen) atoms. The molecule has 0 saturated carbocycles. The van der Waals surface area contributed by atoms with Gasteiger partial charge in [0, 0.05) is 44.8 Å². The Balaban J connectivity index is 2.23. The molecule has 116 valence electrons. The van der Waals surface area contributed by atoms with Crippen molar-refractivity contribution in [3.63, 3.8) is 0 Å². The van der Waals surface area contributed by atoms with Crippen LogP contribution in [0.25, 0.3) is 0 Å². The number of rotatable bonds is 2. The van der Waals surface area contributed by atoms with Crippen molar-refractivity contribution < 1.29 is 4.79 Å². The normalized spacial score (nSPS) is 23.2. The summed E-state index contributed by atoms with van der Waals surface area (Å²) in [6.45, 7) is 6.35. The Labute approximate surface area is 127 Å². The molecule has 0 aliphatic carbocycles. The Hall–Kier alpha value is -1.75. The van der Waals surface area contributed by atoms with E-state index in [1.165, 1.54) is 0 Å². The minimum Gasteiger partial charge on any atom is -0.397 e. The third-order valence-corrected chi connectivity index (χ3v) is 4.38. The van der Waals surface area contributed by atoms with Crippen LogP contribution >= 0.6 is 0 Å². The summed E-state index contributed by atoms with van der Waals surface area (Å²) in [5, 5.41) is 0. The molecule has 0 bridgehead atoms. The Morgan fingerprint density at radius 2 is 1.81 bits per heavy atom. The number of hydrogen-bond donors (Lipinski definition) is 1. The van der Waals surface area contributed by atoms with Gasteiger partial charge < -0.3 is 15.5 Å². The Kier molecular flexibility index (Phi) is 4.42. The van der Waals surface area contributed by atoms with Gasteiger partial charge in [-0.25, -0.2) is 0 Å². The quantitative estimate of drug-likeness (QED) is 0.839. The predicted octanol–water partition coefficient (Wildman–Crippen LogP) is 1.50. The molecule has 2 N–H and O–H groups in total. The molecule has 1 saturated heterocycles. The van der Waals surface area contributed by atoms with E-state index in [1.807, 2.05) is 12.1 Å². The van der Waals surface area contributed by atoms with Gasteiger partial charge in [-0.1, -0.05) is 0 Å². The van der Waals surface area contributed by atoms with E-state index >= 15 is 0 Å². The standard InChI is InChI=1S/C16H26N4O/c1-11-9-20(10-12(2)19(11)5)15-7-6-13(8-14(15)17)16(21)18(3)4/h6-8,11-12H,9-10,17H2,1-5H3. The second kappa shape index (κ2) is 5.93. The van der Waals surface area contributed by atoms with Crippen molar-refractivity contribution in [2.24, 2.45) is 0 Å². The number of carbonyl (C=O) groups is 1. The van der Waals surface area contributed by atoms with Gasteiger partial charge in [0.25, 0.3) is 5.91 Å². The lowest BCUT2D eigenvalue weighted by atomic mass is 10.1. The Morgan fingerprint density at radius 1 is 1.24 bits per heavy atom. The fourth-order valence-electron chi connectivity index (χ4n) is 2.83. The van der Waals surface area contributed by atoms with Gasteiger partial charge in [-0.05, 0) is 39.1 Å². The molecular weight excluding hydrogens is 264 g/mol. The van der Waals surface area contributed by atoms with Gasteiger partial charge >= 0.3 is 0 Å². The van der Waals surface area contributed by atoms with Crippen LogP contribution in [0.2, 0.25) is 0 Å². The van der Waals surface area contributed by atoms with Gasteiger partial charge in [-0.3, -0.25) is 9.69 Å². The lowest BCUT2D eigenvalue weighted by Crippen LogP contribution is -2.55. The molecule has 1 fully saturated rings. The van der Waals surface area contributed by atoms with E-state index in [1.54, 1.807) is 25.1 Å². The number of piperazine rings is 1. The van der Waals surface area contributed by atoms with E-state index in [-0.39, 0.29) is 5.91 Å². The monoisotopic (exact) mass is 290 g/mol. The van der Waals surface area contributed by atoms with Gasteiger partial charge in [0.15, 0.2) is 0 Å². The number of nitrogens with two attached hydrogens (primary N) is 1. The molecule has 1 heterocycles. The second-order valence-corrected chi connectivity index (χ2v) is 6.24. The number of nitrogen functional groups attached to an aromatic ring is 1. The zero-order valence-corrected chi connectivity index (χ0v) is 13.6. The zero-order chi connectivity index (χ0) is 15.7. The first-order valence-corrected chi connectivity index (χ1v) is 7.39. The van der Waals surface area contributed by atoms with Crippen LogP contribution < -0.4 is 10.6 Å². The first-order valence-electron chi connectivity index (χ1n) is 7.39. The number of likely N-dealkylation sites (N-methyl/N-ethyl adjacent to an activating group) is 1. The number of hydrogen-bond acceptors (Lipinski definition) is 4. The van der Waals surface area contributed by atoms with Crippen LogP contribution in [0.4, 0.5) is 11.4 Å². The maximum absolute atomic E-state index is 12.0. The van der Waals surface area contributed by atoms with E-state index in [9.17, 15) is 4.79 Å². The van der Waals surface area contributed by atoms with Crippen molar-refractivity contribution in [2.45, 2.75) is 25.9 Å². The molecule has 0 aromatic heterocycles. The van der Waals surface area contributed by atoms with Crippen molar-refractivity contribution >= 4 is 17.3 Å². The summed E-state index contributed by atoms with van der Waals surface area (Å²) < 4.78 is 0. The highest BCUT2D eigenvalue weighted by atomic mass is 16.2. The maximum atomic E-state index is 12.0. The van der Waals surface area contributed by atoms with Gasteiger partial charge in [0.2, 0.25) is 0 Å². The molecule has 1 aliphatic rings. The number of benzene rings is 1. The number of amides is 1. The smallest absolute Gasteiger partial charge is 0.253 e. The van der Waals surface area contributed by atoms with Crippen LogP contribution in [0.5, 0.6) is 0 Å². The number of anilines is 2. The van der Waals surface area contributed by atoms with Crippen LogP contribution in [0.1, 0.15) is 24.2 Å². The lowest BCUT2D eigenvalue weighted by Gasteiger charge is -2.43. The van der Waals surface area contributed by atoms with Gasteiger partial charge in [-0.2, -0.15) is 0 Å². The fraction of sp³-hybridized carbons (Fsp3) is 0.562. The van der Waals surface area contributed by atoms with Gasteiger partial charge in [0.1, 0.15) is 0 Å².